The zero-order valence-electron chi connectivity index (χ0n) is 22.5. The van der Waals surface area contributed by atoms with Crippen molar-refractivity contribution in [2.24, 2.45) is 17.4 Å². The molecule has 0 heterocycles. The predicted molar refractivity (Wildman–Crippen MR) is 153 cm³/mol. The molecule has 0 radical (unpaired) electrons. The van der Waals surface area contributed by atoms with Crippen LogP contribution in [0.15, 0.2) is 66.7 Å². The van der Waals surface area contributed by atoms with E-state index in [1.807, 2.05) is 18.2 Å². The van der Waals surface area contributed by atoms with Gasteiger partial charge in [-0.1, -0.05) is 75.2 Å². The van der Waals surface area contributed by atoms with Gasteiger partial charge < -0.3 is 26.0 Å². The molecule has 0 fully saturated rings. The molecule has 0 unspecified atom stereocenters. The quantitative estimate of drug-likeness (QED) is 0.238. The molecule has 0 spiro atoms. The van der Waals surface area contributed by atoms with Crippen molar-refractivity contribution >= 4 is 0 Å². The maximum absolute atomic E-state index is 10.3. The Morgan fingerprint density at radius 3 is 2.32 bits per heavy atom. The maximum atomic E-state index is 10.3. The summed E-state index contributed by atoms with van der Waals surface area (Å²) in [6.45, 7) is 6.50. The van der Waals surface area contributed by atoms with Gasteiger partial charge in [0.2, 0.25) is 0 Å². The normalized spacial score (nSPS) is 12.1. The molecule has 5 heteroatoms. The zero-order valence-corrected chi connectivity index (χ0v) is 22.5. The molecule has 1 atom stereocenters. The Kier molecular flexibility index (Phi) is 12.0. The highest BCUT2D eigenvalue weighted by molar-refractivity contribution is 5.76. The average molecular weight is 505 g/mol. The summed E-state index contributed by atoms with van der Waals surface area (Å²) in [5.74, 6) is 2.18. The van der Waals surface area contributed by atoms with Crippen LogP contribution in [0.4, 0.5) is 0 Å². The van der Waals surface area contributed by atoms with Gasteiger partial charge in [-0.3, -0.25) is 0 Å². The molecule has 5 N–H and O–H groups in total. The minimum atomic E-state index is -0.601. The summed E-state index contributed by atoms with van der Waals surface area (Å²) in [6, 6.07) is 22.9. The highest BCUT2D eigenvalue weighted by atomic mass is 16.5. The van der Waals surface area contributed by atoms with Crippen LogP contribution < -0.4 is 20.9 Å². The predicted octanol–water partition coefficient (Wildman–Crippen LogP) is 5.54. The van der Waals surface area contributed by atoms with E-state index in [0.717, 1.165) is 60.3 Å². The topological polar surface area (TPSA) is 90.7 Å². The van der Waals surface area contributed by atoms with E-state index in [9.17, 15) is 5.11 Å². The van der Waals surface area contributed by atoms with Crippen LogP contribution in [0.2, 0.25) is 0 Å². The number of aliphatic hydroxyl groups excluding tert-OH is 1. The van der Waals surface area contributed by atoms with E-state index in [4.69, 9.17) is 20.9 Å². The van der Waals surface area contributed by atoms with E-state index in [0.29, 0.717) is 32.1 Å². The van der Waals surface area contributed by atoms with Crippen LogP contribution in [0.3, 0.4) is 0 Å². The molecule has 200 valence electrons. The second-order valence-electron chi connectivity index (χ2n) is 9.72. The Balaban J connectivity index is 1.97. The molecule has 37 heavy (non-hydrogen) atoms. The lowest BCUT2D eigenvalue weighted by atomic mass is 9.93. The fraction of sp³-hybridized carbons (Fsp3) is 0.438. The summed E-state index contributed by atoms with van der Waals surface area (Å²) >= 11 is 0. The summed E-state index contributed by atoms with van der Waals surface area (Å²) in [6.07, 6.45) is 4.62. The van der Waals surface area contributed by atoms with Gasteiger partial charge in [0.15, 0.2) is 0 Å². The molecule has 5 nitrogen and oxygen atoms in total. The van der Waals surface area contributed by atoms with Gasteiger partial charge in [0.05, 0.1) is 19.3 Å². The first-order valence-corrected chi connectivity index (χ1v) is 13.7. The van der Waals surface area contributed by atoms with E-state index in [1.54, 1.807) is 0 Å². The van der Waals surface area contributed by atoms with Crippen molar-refractivity contribution < 1.29 is 14.6 Å². The van der Waals surface area contributed by atoms with E-state index in [-0.39, 0.29) is 6.54 Å². The molecule has 3 aromatic carbocycles. The third-order valence-electron chi connectivity index (χ3n) is 6.89. The summed E-state index contributed by atoms with van der Waals surface area (Å²) in [5.41, 5.74) is 17.2. The molecule has 0 amide bonds. The van der Waals surface area contributed by atoms with Gasteiger partial charge in [0.25, 0.3) is 0 Å². The second kappa shape index (κ2) is 15.4. The van der Waals surface area contributed by atoms with Crippen LogP contribution in [0, 0.1) is 5.92 Å². The maximum Gasteiger partial charge on any atom is 0.127 e. The van der Waals surface area contributed by atoms with Crippen molar-refractivity contribution in [3.8, 4) is 22.6 Å². The van der Waals surface area contributed by atoms with E-state index in [1.165, 1.54) is 11.1 Å². The third kappa shape index (κ3) is 8.89. The fourth-order valence-electron chi connectivity index (χ4n) is 4.55. The number of nitrogens with two attached hydrogens (primary N) is 2. The van der Waals surface area contributed by atoms with Crippen molar-refractivity contribution in [2.75, 3.05) is 26.3 Å². The van der Waals surface area contributed by atoms with Crippen molar-refractivity contribution in [2.45, 2.75) is 58.5 Å². The minimum absolute atomic E-state index is 0.217. The van der Waals surface area contributed by atoms with Crippen molar-refractivity contribution in [1.82, 2.24) is 0 Å². The molecule has 0 saturated heterocycles. The summed E-state index contributed by atoms with van der Waals surface area (Å²) < 4.78 is 12.7. The van der Waals surface area contributed by atoms with Gasteiger partial charge in [-0.15, -0.1) is 0 Å². The van der Waals surface area contributed by atoms with Gasteiger partial charge in [-0.25, -0.2) is 0 Å². The Morgan fingerprint density at radius 1 is 0.838 bits per heavy atom. The van der Waals surface area contributed by atoms with Gasteiger partial charge in [0, 0.05) is 18.5 Å². The fourth-order valence-corrected chi connectivity index (χ4v) is 4.55. The number of aliphatic hydroxyl groups is 1. The molecular weight excluding hydrogens is 460 g/mol. The SMILES string of the molecule is CCC(CC)COc1cc(C[C@H](O)CN)cc(-c2c(CCCN)cccc2OCCc2ccccc2)c1. The van der Waals surface area contributed by atoms with E-state index < -0.39 is 6.10 Å². The molecule has 0 aliphatic rings. The molecule has 3 rings (SSSR count). The molecule has 3 aromatic rings. The van der Waals surface area contributed by atoms with Gasteiger partial charge in [0.1, 0.15) is 11.5 Å². The number of ether oxygens (including phenoxy) is 2. The van der Waals surface area contributed by atoms with Crippen molar-refractivity contribution in [1.29, 1.82) is 0 Å². The van der Waals surface area contributed by atoms with Gasteiger partial charge in [-0.05, 0) is 72.2 Å². The number of rotatable bonds is 16. The van der Waals surface area contributed by atoms with Crippen LogP contribution in [0.5, 0.6) is 11.5 Å². The van der Waals surface area contributed by atoms with Crippen molar-refractivity contribution in [3.63, 3.8) is 0 Å². The van der Waals surface area contributed by atoms with E-state index >= 15 is 0 Å². The monoisotopic (exact) mass is 504 g/mol. The highest BCUT2D eigenvalue weighted by Crippen LogP contribution is 2.37. The van der Waals surface area contributed by atoms with E-state index in [2.05, 4.69) is 62.4 Å². The molecule has 0 saturated carbocycles. The van der Waals surface area contributed by atoms with Crippen LogP contribution in [0.1, 0.15) is 49.8 Å². The first-order chi connectivity index (χ1) is 18.1. The molecule has 0 bridgehead atoms. The molecule has 0 aromatic heterocycles. The van der Waals surface area contributed by atoms with Crippen LogP contribution in [0.25, 0.3) is 11.1 Å². The molecular formula is C32H44N2O3. The van der Waals surface area contributed by atoms with Gasteiger partial charge in [-0.2, -0.15) is 0 Å². The Bertz CT molecular complexity index is 1070. The number of hydrogen-bond acceptors (Lipinski definition) is 5. The Hall–Kier alpha value is -2.86. The smallest absolute Gasteiger partial charge is 0.127 e. The number of benzene rings is 3. The second-order valence-corrected chi connectivity index (χ2v) is 9.72. The largest absolute Gasteiger partial charge is 0.493 e. The first kappa shape index (κ1) is 28.7. The first-order valence-electron chi connectivity index (χ1n) is 13.7. The molecule has 0 aliphatic carbocycles. The lowest BCUT2D eigenvalue weighted by Crippen LogP contribution is -2.22. The Morgan fingerprint density at radius 2 is 1.62 bits per heavy atom. The standard InChI is InChI=1S/C32H44N2O3/c1-3-24(4-2)23-37-30-20-26(19-29(35)22-34)18-28(21-30)32-27(13-9-16-33)12-8-14-31(32)36-17-15-25-10-6-5-7-11-25/h5-8,10-12,14,18,20-21,24,29,35H,3-4,9,13,15-17,19,22-23,33-34H2,1-2H3/t29-/m0/s1. The lowest BCUT2D eigenvalue weighted by Gasteiger charge is -2.20. The van der Waals surface area contributed by atoms with Gasteiger partial charge >= 0.3 is 0 Å². The summed E-state index contributed by atoms with van der Waals surface area (Å²) in [7, 11) is 0. The lowest BCUT2D eigenvalue weighted by molar-refractivity contribution is 0.183. The Labute approximate surface area is 222 Å². The number of hydrogen-bond donors (Lipinski definition) is 3. The van der Waals surface area contributed by atoms with Crippen molar-refractivity contribution in [3.05, 3.63) is 83.4 Å². The average Bonchev–Trinajstić information content (AvgIpc) is 2.93. The minimum Gasteiger partial charge on any atom is -0.493 e. The third-order valence-corrected chi connectivity index (χ3v) is 6.89. The van der Waals surface area contributed by atoms with Crippen LogP contribution >= 0.6 is 0 Å². The summed E-state index contributed by atoms with van der Waals surface area (Å²) in [4.78, 5) is 0. The summed E-state index contributed by atoms with van der Waals surface area (Å²) in [5, 5.41) is 10.3. The zero-order chi connectivity index (χ0) is 26.5. The number of aryl methyl sites for hydroxylation is 1. The highest BCUT2D eigenvalue weighted by Gasteiger charge is 2.16. The van der Waals surface area contributed by atoms with Crippen LogP contribution in [-0.2, 0) is 19.3 Å². The molecule has 0 aliphatic heterocycles. The van der Waals surface area contributed by atoms with Crippen LogP contribution in [-0.4, -0.2) is 37.5 Å².